The molecule has 0 aliphatic rings. The highest BCUT2D eigenvalue weighted by Gasteiger charge is 2.05. The van der Waals surface area contributed by atoms with Gasteiger partial charge in [0.2, 0.25) is 0 Å². The monoisotopic (exact) mass is 340 g/mol. The van der Waals surface area contributed by atoms with Crippen LogP contribution in [0.4, 0.5) is 4.39 Å². The van der Waals surface area contributed by atoms with Crippen LogP contribution in [0, 0.1) is 5.82 Å². The number of methoxy groups -OCH3 is 2. The zero-order valence-corrected chi connectivity index (χ0v) is 15.1. The molecule has 0 amide bonds. The van der Waals surface area contributed by atoms with E-state index < -0.39 is 0 Å². The van der Waals surface area contributed by atoms with E-state index in [1.165, 1.54) is 13.2 Å². The van der Waals surface area contributed by atoms with Gasteiger partial charge in [0.15, 0.2) is 17.5 Å². The van der Waals surface area contributed by atoms with E-state index in [9.17, 15) is 4.39 Å². The van der Waals surface area contributed by atoms with Crippen LogP contribution in [0.25, 0.3) is 0 Å². The molecule has 0 fully saturated rings. The highest BCUT2D eigenvalue weighted by molar-refractivity contribution is 5.79. The predicted octanol–water partition coefficient (Wildman–Crippen LogP) is 1.47. The molecule has 0 aliphatic heterocycles. The molecule has 24 heavy (non-hydrogen) atoms. The summed E-state index contributed by atoms with van der Waals surface area (Å²) in [6.07, 6.45) is 1.02. The molecule has 1 aromatic rings. The molecule has 0 saturated carbocycles. The molecule has 7 heteroatoms. The van der Waals surface area contributed by atoms with Crippen LogP contribution in [0.15, 0.2) is 23.2 Å². The summed E-state index contributed by atoms with van der Waals surface area (Å²) < 4.78 is 23.6. The molecule has 0 unspecified atom stereocenters. The largest absolute Gasteiger partial charge is 0.494 e. The van der Waals surface area contributed by atoms with Crippen LogP contribution in [0.5, 0.6) is 5.75 Å². The normalized spacial score (nSPS) is 11.7. The summed E-state index contributed by atoms with van der Waals surface area (Å²) in [5.41, 5.74) is 0.827. The lowest BCUT2D eigenvalue weighted by molar-refractivity contribution is 0.180. The van der Waals surface area contributed by atoms with Gasteiger partial charge in [-0.05, 0) is 31.2 Å². The topological polar surface area (TPSA) is 58.1 Å². The number of hydrogen-bond donors (Lipinski definition) is 2. The van der Waals surface area contributed by atoms with Gasteiger partial charge in [-0.25, -0.2) is 4.39 Å². The molecule has 0 atom stereocenters. The Labute approximate surface area is 144 Å². The van der Waals surface area contributed by atoms with Crippen molar-refractivity contribution in [3.8, 4) is 5.75 Å². The van der Waals surface area contributed by atoms with E-state index >= 15 is 0 Å². The molecular formula is C17H29FN4O2. The fraction of sp³-hybridized carbons (Fsp3) is 0.588. The van der Waals surface area contributed by atoms with Crippen LogP contribution in [-0.2, 0) is 11.3 Å². The summed E-state index contributed by atoms with van der Waals surface area (Å²) in [6.45, 7) is 3.94. The molecule has 6 nitrogen and oxygen atoms in total. The Bertz CT molecular complexity index is 511. The van der Waals surface area contributed by atoms with Crippen molar-refractivity contribution in [1.29, 1.82) is 0 Å². The second-order valence-corrected chi connectivity index (χ2v) is 5.47. The van der Waals surface area contributed by atoms with Gasteiger partial charge in [0.25, 0.3) is 0 Å². The van der Waals surface area contributed by atoms with Crippen molar-refractivity contribution in [3.63, 3.8) is 0 Å². The average molecular weight is 340 g/mol. The summed E-state index contributed by atoms with van der Waals surface area (Å²) in [6, 6.07) is 4.91. The van der Waals surface area contributed by atoms with E-state index in [1.54, 1.807) is 20.2 Å². The Balaban J connectivity index is 2.31. The average Bonchev–Trinajstić information content (AvgIpc) is 2.58. The smallest absolute Gasteiger partial charge is 0.191 e. The second kappa shape index (κ2) is 11.6. The SMILES string of the molecule is CN=C(NCCN(C)CCCOC)NCc1ccc(OC)c(F)c1. The Morgan fingerprint density at radius 3 is 2.67 bits per heavy atom. The number of aliphatic imine (C=N–C) groups is 1. The summed E-state index contributed by atoms with van der Waals surface area (Å²) in [5, 5.41) is 6.42. The van der Waals surface area contributed by atoms with Crippen LogP contribution >= 0.6 is 0 Å². The Hall–Kier alpha value is -1.86. The number of hydrogen-bond acceptors (Lipinski definition) is 4. The van der Waals surface area contributed by atoms with Crippen molar-refractivity contribution in [2.45, 2.75) is 13.0 Å². The molecular weight excluding hydrogens is 311 g/mol. The van der Waals surface area contributed by atoms with Crippen LogP contribution in [-0.4, -0.2) is 65.4 Å². The van der Waals surface area contributed by atoms with E-state index in [0.717, 1.165) is 38.2 Å². The van der Waals surface area contributed by atoms with E-state index in [0.29, 0.717) is 12.5 Å². The predicted molar refractivity (Wildman–Crippen MR) is 95.1 cm³/mol. The quantitative estimate of drug-likeness (QED) is 0.384. The maximum atomic E-state index is 13.7. The Morgan fingerprint density at radius 1 is 1.25 bits per heavy atom. The number of benzene rings is 1. The van der Waals surface area contributed by atoms with Crippen LogP contribution in [0.3, 0.4) is 0 Å². The van der Waals surface area contributed by atoms with E-state index in [2.05, 4.69) is 27.6 Å². The highest BCUT2D eigenvalue weighted by atomic mass is 19.1. The Morgan fingerprint density at radius 2 is 2.04 bits per heavy atom. The summed E-state index contributed by atoms with van der Waals surface area (Å²) in [7, 11) is 6.96. The van der Waals surface area contributed by atoms with Crippen molar-refractivity contribution in [1.82, 2.24) is 15.5 Å². The molecule has 2 N–H and O–H groups in total. The fourth-order valence-electron chi connectivity index (χ4n) is 2.18. The summed E-state index contributed by atoms with van der Waals surface area (Å²) in [5.74, 6) is 0.576. The maximum absolute atomic E-state index is 13.7. The molecule has 0 radical (unpaired) electrons. The van der Waals surface area contributed by atoms with Gasteiger partial charge in [0, 0.05) is 46.9 Å². The van der Waals surface area contributed by atoms with Crippen molar-refractivity contribution in [3.05, 3.63) is 29.6 Å². The van der Waals surface area contributed by atoms with Gasteiger partial charge in [-0.2, -0.15) is 0 Å². The number of nitrogens with one attached hydrogen (secondary N) is 2. The van der Waals surface area contributed by atoms with Gasteiger partial charge >= 0.3 is 0 Å². The van der Waals surface area contributed by atoms with E-state index in [1.807, 2.05) is 6.07 Å². The number of ether oxygens (including phenoxy) is 2. The van der Waals surface area contributed by atoms with Gasteiger partial charge in [0.05, 0.1) is 7.11 Å². The van der Waals surface area contributed by atoms with E-state index in [4.69, 9.17) is 9.47 Å². The lowest BCUT2D eigenvalue weighted by Gasteiger charge is -2.18. The highest BCUT2D eigenvalue weighted by Crippen LogP contribution is 2.17. The standard InChI is InChI=1S/C17H29FN4O2/c1-19-17(20-8-10-22(2)9-5-11-23-3)21-13-14-6-7-16(24-4)15(18)12-14/h6-7,12H,5,8-11,13H2,1-4H3,(H2,19,20,21). The molecule has 1 aromatic carbocycles. The summed E-state index contributed by atoms with van der Waals surface area (Å²) in [4.78, 5) is 6.40. The lowest BCUT2D eigenvalue weighted by atomic mass is 10.2. The first kappa shape index (κ1) is 20.2. The van der Waals surface area contributed by atoms with Crippen LogP contribution in [0.2, 0.25) is 0 Å². The number of halogens is 1. The minimum absolute atomic E-state index is 0.248. The fourth-order valence-corrected chi connectivity index (χ4v) is 2.18. The molecule has 1 rings (SSSR count). The molecule has 0 aromatic heterocycles. The minimum atomic E-state index is -0.363. The first-order chi connectivity index (χ1) is 11.6. The third-order valence-electron chi connectivity index (χ3n) is 3.57. The zero-order valence-electron chi connectivity index (χ0n) is 15.1. The van der Waals surface area contributed by atoms with Crippen LogP contribution < -0.4 is 15.4 Å². The second-order valence-electron chi connectivity index (χ2n) is 5.47. The third-order valence-corrected chi connectivity index (χ3v) is 3.57. The summed E-state index contributed by atoms with van der Waals surface area (Å²) >= 11 is 0. The molecule has 0 bridgehead atoms. The molecule has 0 heterocycles. The van der Waals surface area contributed by atoms with Crippen molar-refractivity contribution < 1.29 is 13.9 Å². The lowest BCUT2D eigenvalue weighted by Crippen LogP contribution is -2.40. The van der Waals surface area contributed by atoms with Gasteiger partial charge < -0.3 is 25.0 Å². The molecule has 0 spiro atoms. The first-order valence-electron chi connectivity index (χ1n) is 8.05. The maximum Gasteiger partial charge on any atom is 0.191 e. The third kappa shape index (κ3) is 7.61. The number of guanidine groups is 1. The first-order valence-corrected chi connectivity index (χ1v) is 8.05. The molecule has 136 valence electrons. The van der Waals surface area contributed by atoms with Crippen molar-refractivity contribution in [2.24, 2.45) is 4.99 Å². The van der Waals surface area contributed by atoms with Gasteiger partial charge in [-0.15, -0.1) is 0 Å². The molecule has 0 saturated heterocycles. The zero-order chi connectivity index (χ0) is 17.8. The van der Waals surface area contributed by atoms with Crippen LogP contribution in [0.1, 0.15) is 12.0 Å². The number of rotatable bonds is 10. The van der Waals surface area contributed by atoms with Gasteiger partial charge in [-0.3, -0.25) is 4.99 Å². The molecule has 0 aliphatic carbocycles. The van der Waals surface area contributed by atoms with Crippen molar-refractivity contribution in [2.75, 3.05) is 54.6 Å². The van der Waals surface area contributed by atoms with Crippen molar-refractivity contribution >= 4 is 5.96 Å². The number of likely N-dealkylation sites (N-methyl/N-ethyl adjacent to an activating group) is 1. The van der Waals surface area contributed by atoms with Gasteiger partial charge in [0.1, 0.15) is 0 Å². The Kier molecular flexibility index (Phi) is 9.79. The van der Waals surface area contributed by atoms with Gasteiger partial charge in [-0.1, -0.05) is 6.07 Å². The van der Waals surface area contributed by atoms with E-state index in [-0.39, 0.29) is 11.6 Å². The number of nitrogens with zero attached hydrogens (tertiary/aromatic N) is 2. The minimum Gasteiger partial charge on any atom is -0.494 e.